The second-order valence-corrected chi connectivity index (χ2v) is 2.61. The molecule has 1 aromatic carbocycles. The fraction of sp³-hybridized carbons (Fsp3) is 0.250. The lowest BCUT2D eigenvalue weighted by Crippen LogP contribution is -2.06. The number of benzene rings is 1. The molecule has 0 bridgehead atoms. The van der Waals surface area contributed by atoms with Crippen molar-refractivity contribution < 1.29 is 13.2 Å². The van der Waals surface area contributed by atoms with Gasteiger partial charge in [0.05, 0.1) is 11.4 Å². The Labute approximate surface area is 73.5 Å². The molecule has 0 amide bonds. The minimum Gasteiger partial charge on any atom is -0.395 e. The molecule has 2 nitrogen and oxygen atoms in total. The van der Waals surface area contributed by atoms with Crippen molar-refractivity contribution in [3.8, 4) is 0 Å². The van der Waals surface area contributed by atoms with E-state index in [0.29, 0.717) is 0 Å². The third-order valence-corrected chi connectivity index (χ3v) is 1.83. The summed E-state index contributed by atoms with van der Waals surface area (Å²) in [5.41, 5.74) is 4.06. The molecule has 1 aromatic rings. The predicted molar refractivity (Wildman–Crippen MR) is 45.0 cm³/mol. The number of anilines is 2. The molecule has 0 fully saturated rings. The topological polar surface area (TPSA) is 38.0 Å². The Morgan fingerprint density at radius 3 is 2.08 bits per heavy atom. The highest BCUT2D eigenvalue weighted by atomic mass is 19.2. The van der Waals surface area contributed by atoms with Crippen molar-refractivity contribution in [3.05, 3.63) is 23.0 Å². The summed E-state index contributed by atoms with van der Waals surface area (Å²) in [5.74, 6) is -3.29. The van der Waals surface area contributed by atoms with Crippen molar-refractivity contribution in [1.82, 2.24) is 0 Å². The lowest BCUT2D eigenvalue weighted by atomic mass is 10.1. The third-order valence-electron chi connectivity index (χ3n) is 1.83. The zero-order valence-corrected chi connectivity index (χ0v) is 7.21. The fourth-order valence-electron chi connectivity index (χ4n) is 1.05. The molecule has 3 N–H and O–H groups in total. The van der Waals surface area contributed by atoms with Crippen LogP contribution in [0.15, 0.2) is 0 Å². The van der Waals surface area contributed by atoms with Gasteiger partial charge in [-0.2, -0.15) is 0 Å². The Morgan fingerprint density at radius 1 is 1.08 bits per heavy atom. The number of nitrogens with two attached hydrogens (primary N) is 1. The molecule has 5 heteroatoms. The number of hydrogen-bond donors (Lipinski definition) is 2. The Bertz CT molecular complexity index is 321. The van der Waals surface area contributed by atoms with E-state index in [2.05, 4.69) is 5.32 Å². The predicted octanol–water partition coefficient (Wildman–Crippen LogP) is 2.04. The Hall–Kier alpha value is -1.39. The summed E-state index contributed by atoms with van der Waals surface area (Å²) in [6, 6.07) is 0. The van der Waals surface area contributed by atoms with Gasteiger partial charge in [0.2, 0.25) is 0 Å². The van der Waals surface area contributed by atoms with Crippen LogP contribution in [0.25, 0.3) is 0 Å². The van der Waals surface area contributed by atoms with E-state index in [0.717, 1.165) is 6.92 Å². The van der Waals surface area contributed by atoms with Gasteiger partial charge in [-0.05, 0) is 6.92 Å². The second kappa shape index (κ2) is 3.16. The number of nitrogens with one attached hydrogen (secondary N) is 1. The van der Waals surface area contributed by atoms with E-state index in [-0.39, 0.29) is 5.69 Å². The zero-order valence-electron chi connectivity index (χ0n) is 7.21. The average Bonchev–Trinajstić information content (AvgIpc) is 2.13. The van der Waals surface area contributed by atoms with Crippen LogP contribution in [0.1, 0.15) is 5.56 Å². The lowest BCUT2D eigenvalue weighted by molar-refractivity contribution is 0.491. The van der Waals surface area contributed by atoms with E-state index in [1.54, 1.807) is 0 Å². The van der Waals surface area contributed by atoms with Gasteiger partial charge < -0.3 is 11.1 Å². The summed E-state index contributed by atoms with van der Waals surface area (Å²) in [4.78, 5) is 0. The number of rotatable bonds is 1. The first-order valence-electron chi connectivity index (χ1n) is 3.61. The first kappa shape index (κ1) is 9.70. The van der Waals surface area contributed by atoms with Gasteiger partial charge in [0.15, 0.2) is 17.5 Å². The third kappa shape index (κ3) is 1.30. The number of nitrogen functional groups attached to an aromatic ring is 1. The van der Waals surface area contributed by atoms with E-state index >= 15 is 0 Å². The maximum atomic E-state index is 13.0. The van der Waals surface area contributed by atoms with Gasteiger partial charge in [0.25, 0.3) is 0 Å². The first-order chi connectivity index (χ1) is 6.00. The van der Waals surface area contributed by atoms with Crippen LogP contribution in [0.4, 0.5) is 24.5 Å². The molecule has 0 unspecified atom stereocenters. The number of hydrogen-bond acceptors (Lipinski definition) is 2. The molecule has 0 saturated heterocycles. The summed E-state index contributed by atoms with van der Waals surface area (Å²) < 4.78 is 39.0. The van der Waals surface area contributed by atoms with Crippen LogP contribution >= 0.6 is 0 Å². The maximum Gasteiger partial charge on any atom is 0.184 e. The van der Waals surface area contributed by atoms with Crippen LogP contribution in [0, 0.1) is 24.4 Å². The Balaban J connectivity index is 3.56. The maximum absolute atomic E-state index is 13.0. The highest BCUT2D eigenvalue weighted by Gasteiger charge is 2.19. The van der Waals surface area contributed by atoms with E-state index in [4.69, 9.17) is 5.73 Å². The van der Waals surface area contributed by atoms with Gasteiger partial charge in [-0.25, -0.2) is 13.2 Å². The minimum absolute atomic E-state index is 0.347. The lowest BCUT2D eigenvalue weighted by Gasteiger charge is -2.10. The minimum atomic E-state index is -1.21. The molecule has 0 aliphatic carbocycles. The van der Waals surface area contributed by atoms with Crippen LogP contribution in [-0.2, 0) is 0 Å². The highest BCUT2D eigenvalue weighted by Crippen LogP contribution is 2.30. The van der Waals surface area contributed by atoms with Crippen LogP contribution in [0.5, 0.6) is 0 Å². The average molecular weight is 190 g/mol. The summed E-state index contributed by atoms with van der Waals surface area (Å²) in [6.45, 7) is 1.13. The molecular weight excluding hydrogens is 181 g/mol. The standard InChI is InChI=1S/C8H9F3N2/c1-3-4(9)6(11)8(13-2)7(12)5(3)10/h13H,12H2,1-2H3. The smallest absolute Gasteiger partial charge is 0.184 e. The molecule has 0 aliphatic heterocycles. The van der Waals surface area contributed by atoms with Crippen molar-refractivity contribution in [2.24, 2.45) is 0 Å². The highest BCUT2D eigenvalue weighted by molar-refractivity contribution is 5.68. The number of halogens is 3. The normalized spacial score (nSPS) is 10.2. The molecule has 72 valence electrons. The Morgan fingerprint density at radius 2 is 1.62 bits per heavy atom. The fourth-order valence-corrected chi connectivity index (χ4v) is 1.05. The molecule has 0 aliphatic rings. The van der Waals surface area contributed by atoms with E-state index < -0.39 is 28.7 Å². The Kier molecular flexibility index (Phi) is 2.36. The van der Waals surface area contributed by atoms with Crippen LogP contribution in [-0.4, -0.2) is 7.05 Å². The molecule has 0 saturated carbocycles. The largest absolute Gasteiger partial charge is 0.395 e. The molecule has 0 spiro atoms. The van der Waals surface area contributed by atoms with Crippen molar-refractivity contribution in [1.29, 1.82) is 0 Å². The molecule has 13 heavy (non-hydrogen) atoms. The molecule has 0 radical (unpaired) electrons. The zero-order chi connectivity index (χ0) is 10.2. The van der Waals surface area contributed by atoms with Gasteiger partial charge in [-0.1, -0.05) is 0 Å². The monoisotopic (exact) mass is 190 g/mol. The summed E-state index contributed by atoms with van der Waals surface area (Å²) in [6.07, 6.45) is 0. The molecule has 0 heterocycles. The van der Waals surface area contributed by atoms with E-state index in [9.17, 15) is 13.2 Å². The van der Waals surface area contributed by atoms with Gasteiger partial charge in [0.1, 0.15) is 0 Å². The van der Waals surface area contributed by atoms with E-state index in [1.807, 2.05) is 0 Å². The molecular formula is C8H9F3N2. The van der Waals surface area contributed by atoms with Gasteiger partial charge in [-0.15, -0.1) is 0 Å². The molecule has 1 rings (SSSR count). The van der Waals surface area contributed by atoms with E-state index in [1.165, 1.54) is 7.05 Å². The quantitative estimate of drug-likeness (QED) is 0.525. The van der Waals surface area contributed by atoms with Gasteiger partial charge in [-0.3, -0.25) is 0 Å². The van der Waals surface area contributed by atoms with Crippen molar-refractivity contribution in [2.75, 3.05) is 18.1 Å². The van der Waals surface area contributed by atoms with Crippen molar-refractivity contribution in [3.63, 3.8) is 0 Å². The first-order valence-corrected chi connectivity index (χ1v) is 3.61. The summed E-state index contributed by atoms with van der Waals surface area (Å²) in [5, 5.41) is 2.29. The summed E-state index contributed by atoms with van der Waals surface area (Å²) >= 11 is 0. The van der Waals surface area contributed by atoms with Crippen molar-refractivity contribution in [2.45, 2.75) is 6.92 Å². The summed E-state index contributed by atoms with van der Waals surface area (Å²) in [7, 11) is 1.34. The van der Waals surface area contributed by atoms with Crippen LogP contribution in [0.2, 0.25) is 0 Å². The van der Waals surface area contributed by atoms with Crippen LogP contribution in [0.3, 0.4) is 0 Å². The molecule has 0 atom stereocenters. The molecule has 0 aromatic heterocycles. The van der Waals surface area contributed by atoms with Crippen LogP contribution < -0.4 is 11.1 Å². The van der Waals surface area contributed by atoms with Gasteiger partial charge >= 0.3 is 0 Å². The second-order valence-electron chi connectivity index (χ2n) is 2.61. The van der Waals surface area contributed by atoms with Crippen molar-refractivity contribution >= 4 is 11.4 Å². The SMILES string of the molecule is CNc1c(N)c(F)c(C)c(F)c1F. The van der Waals surface area contributed by atoms with Gasteiger partial charge in [0, 0.05) is 12.6 Å².